The first kappa shape index (κ1) is 22.4. The standard InChI is InChI=1S/C26H24N2O4S/c1-28(23-8-4-3-5-9-23)33(30,31)25-10-6-7-22(17-25)26(29)27-18-19-11-12-21-16-24(32-2)14-13-20(21)15-19/h3-17H,18H2,1-2H3,(H,27,29). The highest BCUT2D eigenvalue weighted by atomic mass is 32.2. The van der Waals surface area contributed by atoms with Crippen LogP contribution in [0.25, 0.3) is 10.8 Å². The molecule has 0 heterocycles. The van der Waals surface area contributed by atoms with Gasteiger partial charge in [0, 0.05) is 19.2 Å². The second kappa shape index (κ2) is 9.34. The Bertz CT molecular complexity index is 1400. The van der Waals surface area contributed by atoms with Gasteiger partial charge in [0.1, 0.15) is 5.75 Å². The van der Waals surface area contributed by atoms with E-state index in [1.54, 1.807) is 43.5 Å². The van der Waals surface area contributed by atoms with E-state index in [1.165, 1.54) is 23.5 Å². The summed E-state index contributed by atoms with van der Waals surface area (Å²) in [5, 5.41) is 4.96. The average molecular weight is 461 g/mol. The molecule has 0 aliphatic heterocycles. The summed E-state index contributed by atoms with van der Waals surface area (Å²) in [4.78, 5) is 12.8. The molecule has 0 bridgehead atoms. The summed E-state index contributed by atoms with van der Waals surface area (Å²) in [6.07, 6.45) is 0. The third-order valence-corrected chi connectivity index (χ3v) is 7.22. The highest BCUT2D eigenvalue weighted by Crippen LogP contribution is 2.23. The fourth-order valence-corrected chi connectivity index (χ4v) is 4.77. The number of rotatable bonds is 7. The van der Waals surface area contributed by atoms with Gasteiger partial charge in [-0.25, -0.2) is 8.42 Å². The first-order valence-electron chi connectivity index (χ1n) is 10.4. The number of benzene rings is 4. The van der Waals surface area contributed by atoms with Gasteiger partial charge < -0.3 is 10.1 Å². The van der Waals surface area contributed by atoms with Crippen LogP contribution in [0.5, 0.6) is 5.75 Å². The number of ether oxygens (including phenoxy) is 1. The zero-order valence-electron chi connectivity index (χ0n) is 18.4. The van der Waals surface area contributed by atoms with Crippen LogP contribution in [0.15, 0.2) is 95.9 Å². The number of nitrogens with one attached hydrogen (secondary N) is 1. The number of sulfonamides is 1. The van der Waals surface area contributed by atoms with Crippen LogP contribution in [0, 0.1) is 0 Å². The Morgan fingerprint density at radius 2 is 1.61 bits per heavy atom. The number of carbonyl (C=O) groups excluding carboxylic acids is 1. The van der Waals surface area contributed by atoms with E-state index in [9.17, 15) is 13.2 Å². The summed E-state index contributed by atoms with van der Waals surface area (Å²) in [5.74, 6) is 0.445. The van der Waals surface area contributed by atoms with Gasteiger partial charge in [-0.15, -0.1) is 0 Å². The molecular weight excluding hydrogens is 436 g/mol. The van der Waals surface area contributed by atoms with Crippen molar-refractivity contribution >= 4 is 32.4 Å². The molecule has 4 rings (SSSR count). The number of para-hydroxylation sites is 1. The summed E-state index contributed by atoms with van der Waals surface area (Å²) in [6, 6.07) is 26.6. The van der Waals surface area contributed by atoms with Gasteiger partial charge in [0.2, 0.25) is 0 Å². The molecule has 4 aromatic carbocycles. The lowest BCUT2D eigenvalue weighted by molar-refractivity contribution is 0.0950. The Labute approximate surface area is 193 Å². The van der Waals surface area contributed by atoms with E-state index in [1.807, 2.05) is 42.5 Å². The van der Waals surface area contributed by atoms with E-state index in [-0.39, 0.29) is 16.4 Å². The molecule has 0 aliphatic rings. The van der Waals surface area contributed by atoms with Gasteiger partial charge in [0.25, 0.3) is 15.9 Å². The molecule has 0 saturated heterocycles. The first-order valence-corrected chi connectivity index (χ1v) is 11.8. The molecule has 7 heteroatoms. The van der Waals surface area contributed by atoms with Crippen molar-refractivity contribution in [2.45, 2.75) is 11.4 Å². The molecule has 0 fully saturated rings. The van der Waals surface area contributed by atoms with E-state index in [0.29, 0.717) is 12.2 Å². The van der Waals surface area contributed by atoms with Crippen LogP contribution in [0.2, 0.25) is 0 Å². The number of amides is 1. The Morgan fingerprint density at radius 1 is 0.879 bits per heavy atom. The van der Waals surface area contributed by atoms with Gasteiger partial charge in [-0.1, -0.05) is 42.5 Å². The number of hydrogen-bond donors (Lipinski definition) is 1. The van der Waals surface area contributed by atoms with Crippen molar-refractivity contribution < 1.29 is 17.9 Å². The second-order valence-electron chi connectivity index (χ2n) is 7.57. The maximum Gasteiger partial charge on any atom is 0.264 e. The van der Waals surface area contributed by atoms with Crippen molar-refractivity contribution in [3.8, 4) is 5.75 Å². The minimum Gasteiger partial charge on any atom is -0.497 e. The molecule has 0 spiro atoms. The molecule has 0 saturated carbocycles. The maximum absolute atomic E-state index is 13.0. The number of methoxy groups -OCH3 is 1. The summed E-state index contributed by atoms with van der Waals surface area (Å²) in [5.41, 5.74) is 1.76. The minimum atomic E-state index is -3.80. The van der Waals surface area contributed by atoms with E-state index >= 15 is 0 Å². The molecule has 0 radical (unpaired) electrons. The lowest BCUT2D eigenvalue weighted by Gasteiger charge is -2.19. The van der Waals surface area contributed by atoms with Crippen molar-refractivity contribution in [2.75, 3.05) is 18.5 Å². The Balaban J connectivity index is 1.49. The summed E-state index contributed by atoms with van der Waals surface area (Å²) in [7, 11) is -0.679. The van der Waals surface area contributed by atoms with E-state index in [4.69, 9.17) is 4.74 Å². The van der Waals surface area contributed by atoms with Crippen LogP contribution in [0.1, 0.15) is 15.9 Å². The minimum absolute atomic E-state index is 0.0566. The Kier molecular flexibility index (Phi) is 6.33. The van der Waals surface area contributed by atoms with Crippen LogP contribution in [0.3, 0.4) is 0 Å². The third kappa shape index (κ3) is 4.83. The Morgan fingerprint density at radius 3 is 2.36 bits per heavy atom. The molecule has 0 unspecified atom stereocenters. The predicted octanol–water partition coefficient (Wildman–Crippen LogP) is 4.60. The zero-order chi connectivity index (χ0) is 23.4. The largest absolute Gasteiger partial charge is 0.497 e. The lowest BCUT2D eigenvalue weighted by Crippen LogP contribution is -2.27. The second-order valence-corrected chi connectivity index (χ2v) is 9.54. The molecular formula is C26H24N2O4S. The number of nitrogens with zero attached hydrogens (tertiary/aromatic N) is 1. The molecule has 33 heavy (non-hydrogen) atoms. The normalized spacial score (nSPS) is 11.2. The fraction of sp³-hybridized carbons (Fsp3) is 0.115. The van der Waals surface area contributed by atoms with Gasteiger partial charge in [0.15, 0.2) is 0 Å². The molecule has 1 amide bonds. The highest BCUT2D eigenvalue weighted by molar-refractivity contribution is 7.92. The van der Waals surface area contributed by atoms with Crippen molar-refractivity contribution in [3.05, 3.63) is 102 Å². The van der Waals surface area contributed by atoms with Crippen LogP contribution in [0.4, 0.5) is 5.69 Å². The van der Waals surface area contributed by atoms with Gasteiger partial charge >= 0.3 is 0 Å². The molecule has 0 aromatic heterocycles. The molecule has 6 nitrogen and oxygen atoms in total. The predicted molar refractivity (Wildman–Crippen MR) is 130 cm³/mol. The summed E-state index contributed by atoms with van der Waals surface area (Å²) >= 11 is 0. The smallest absolute Gasteiger partial charge is 0.264 e. The van der Waals surface area contributed by atoms with Crippen molar-refractivity contribution in [1.82, 2.24) is 5.32 Å². The maximum atomic E-state index is 13.0. The van der Waals surface area contributed by atoms with Gasteiger partial charge in [-0.3, -0.25) is 9.10 Å². The SMILES string of the molecule is COc1ccc2cc(CNC(=O)c3cccc(S(=O)(=O)N(C)c4ccccc4)c3)ccc2c1. The molecule has 4 aromatic rings. The monoisotopic (exact) mass is 460 g/mol. The number of carbonyl (C=O) groups is 1. The van der Waals surface area contributed by atoms with Crippen LogP contribution in [-0.4, -0.2) is 28.5 Å². The quantitative estimate of drug-likeness (QED) is 0.437. The van der Waals surface area contributed by atoms with Gasteiger partial charge in [0.05, 0.1) is 17.7 Å². The van der Waals surface area contributed by atoms with Crippen molar-refractivity contribution in [2.24, 2.45) is 0 Å². The molecule has 1 N–H and O–H groups in total. The van der Waals surface area contributed by atoms with Crippen molar-refractivity contribution in [1.29, 1.82) is 0 Å². The lowest BCUT2D eigenvalue weighted by atomic mass is 10.1. The van der Waals surface area contributed by atoms with Gasteiger partial charge in [-0.05, 0) is 64.9 Å². The summed E-state index contributed by atoms with van der Waals surface area (Å²) in [6.45, 7) is 0.321. The van der Waals surface area contributed by atoms with Crippen LogP contribution in [-0.2, 0) is 16.6 Å². The number of fused-ring (bicyclic) bond motifs is 1. The topological polar surface area (TPSA) is 75.7 Å². The summed E-state index contributed by atoms with van der Waals surface area (Å²) < 4.78 is 32.5. The van der Waals surface area contributed by atoms with Crippen molar-refractivity contribution in [3.63, 3.8) is 0 Å². The highest BCUT2D eigenvalue weighted by Gasteiger charge is 2.22. The first-order chi connectivity index (χ1) is 15.9. The molecule has 0 atom stereocenters. The van der Waals surface area contributed by atoms with Gasteiger partial charge in [-0.2, -0.15) is 0 Å². The van der Waals surface area contributed by atoms with E-state index in [0.717, 1.165) is 22.1 Å². The zero-order valence-corrected chi connectivity index (χ0v) is 19.2. The fourth-order valence-electron chi connectivity index (χ4n) is 3.53. The Hall–Kier alpha value is -3.84. The van der Waals surface area contributed by atoms with Crippen LogP contribution < -0.4 is 14.4 Å². The van der Waals surface area contributed by atoms with Crippen LogP contribution >= 0.6 is 0 Å². The van der Waals surface area contributed by atoms with E-state index < -0.39 is 10.0 Å². The molecule has 168 valence electrons. The van der Waals surface area contributed by atoms with E-state index in [2.05, 4.69) is 5.32 Å². The molecule has 0 aliphatic carbocycles. The number of anilines is 1. The average Bonchev–Trinajstić information content (AvgIpc) is 2.86. The number of hydrogen-bond acceptors (Lipinski definition) is 4. The third-order valence-electron chi connectivity index (χ3n) is 5.44.